The number of piperidine rings is 1. The van der Waals surface area contributed by atoms with E-state index in [2.05, 4.69) is 15.5 Å². The van der Waals surface area contributed by atoms with E-state index < -0.39 is 5.79 Å². The molecule has 1 aromatic carbocycles. The maximum atomic E-state index is 12.5. The van der Waals surface area contributed by atoms with Gasteiger partial charge in [-0.2, -0.15) is 0 Å². The van der Waals surface area contributed by atoms with Gasteiger partial charge >= 0.3 is 0 Å². The van der Waals surface area contributed by atoms with Crippen LogP contribution in [0.1, 0.15) is 22.6 Å². The Labute approximate surface area is 180 Å². The number of aromatic nitrogens is 2. The first-order valence-corrected chi connectivity index (χ1v) is 11.3. The van der Waals surface area contributed by atoms with Crippen molar-refractivity contribution in [2.24, 2.45) is 0 Å². The van der Waals surface area contributed by atoms with Gasteiger partial charge in [0.15, 0.2) is 10.1 Å². The van der Waals surface area contributed by atoms with Crippen LogP contribution in [0.15, 0.2) is 28.6 Å². The molecule has 154 valence electrons. The highest BCUT2D eigenvalue weighted by Gasteiger charge is 2.40. The molecular weight excluding hydrogens is 436 g/mol. The molecule has 0 saturated carbocycles. The van der Waals surface area contributed by atoms with E-state index in [1.807, 2.05) is 4.90 Å². The number of benzene rings is 1. The molecule has 2 saturated heterocycles. The summed E-state index contributed by atoms with van der Waals surface area (Å²) >= 11 is 8.28. The number of hydrogen-bond acceptors (Lipinski definition) is 8. The average molecular weight is 455 g/mol. The third-order valence-electron chi connectivity index (χ3n) is 4.71. The lowest BCUT2D eigenvalue weighted by Crippen LogP contribution is -2.47. The van der Waals surface area contributed by atoms with Crippen molar-refractivity contribution >= 4 is 52.2 Å². The number of nitrogens with one attached hydrogen (secondary N) is 1. The van der Waals surface area contributed by atoms with Crippen molar-refractivity contribution in [2.75, 3.05) is 37.4 Å². The number of rotatable bonds is 5. The van der Waals surface area contributed by atoms with Crippen molar-refractivity contribution in [1.29, 1.82) is 0 Å². The van der Waals surface area contributed by atoms with Crippen LogP contribution in [-0.2, 0) is 14.3 Å². The Kier molecular flexibility index (Phi) is 6.35. The van der Waals surface area contributed by atoms with Gasteiger partial charge in [-0.3, -0.25) is 9.59 Å². The highest BCUT2D eigenvalue weighted by molar-refractivity contribution is 8.01. The smallest absolute Gasteiger partial charge is 0.286 e. The van der Waals surface area contributed by atoms with Crippen molar-refractivity contribution < 1.29 is 19.1 Å². The fourth-order valence-corrected chi connectivity index (χ4v) is 4.95. The fourth-order valence-electron chi connectivity index (χ4n) is 3.17. The van der Waals surface area contributed by atoms with Gasteiger partial charge in [0.05, 0.1) is 19.0 Å². The Morgan fingerprint density at radius 3 is 2.55 bits per heavy atom. The monoisotopic (exact) mass is 454 g/mol. The number of ether oxygens (including phenoxy) is 2. The number of likely N-dealkylation sites (tertiary alicyclic amines) is 1. The maximum absolute atomic E-state index is 12.5. The van der Waals surface area contributed by atoms with E-state index in [0.29, 0.717) is 54.2 Å². The van der Waals surface area contributed by atoms with Gasteiger partial charge in [-0.05, 0) is 24.3 Å². The molecule has 1 spiro atoms. The van der Waals surface area contributed by atoms with E-state index in [1.165, 1.54) is 11.8 Å². The third-order valence-corrected chi connectivity index (χ3v) is 7.01. The SMILES string of the molecule is O=C(Nc1ccc(Cl)cc1)c1nnc(SCC(=O)N2CCC3(CC2)OCCO3)s1. The van der Waals surface area contributed by atoms with E-state index in [4.69, 9.17) is 21.1 Å². The normalized spacial score (nSPS) is 18.2. The summed E-state index contributed by atoms with van der Waals surface area (Å²) in [7, 11) is 0. The van der Waals surface area contributed by atoms with Crippen molar-refractivity contribution in [1.82, 2.24) is 15.1 Å². The summed E-state index contributed by atoms with van der Waals surface area (Å²) in [5.74, 6) is -0.552. The van der Waals surface area contributed by atoms with Gasteiger partial charge in [0.25, 0.3) is 5.91 Å². The summed E-state index contributed by atoms with van der Waals surface area (Å²) in [6, 6.07) is 6.80. The quantitative estimate of drug-likeness (QED) is 0.694. The number of amides is 2. The second kappa shape index (κ2) is 8.97. The summed E-state index contributed by atoms with van der Waals surface area (Å²) in [5, 5.41) is 11.5. The number of carbonyl (C=O) groups is 2. The van der Waals surface area contributed by atoms with Crippen LogP contribution < -0.4 is 5.32 Å². The van der Waals surface area contributed by atoms with E-state index in [9.17, 15) is 9.59 Å². The highest BCUT2D eigenvalue weighted by atomic mass is 35.5. The maximum Gasteiger partial charge on any atom is 0.286 e. The standard InChI is InChI=1S/C18H19ClN4O4S2/c19-12-1-3-13(4-2-12)20-15(25)16-21-22-17(29-16)28-11-14(24)23-7-5-18(6-8-23)26-9-10-27-18/h1-4H,5-11H2,(H,20,25). The molecule has 8 nitrogen and oxygen atoms in total. The largest absolute Gasteiger partial charge is 0.347 e. The van der Waals surface area contributed by atoms with Crippen LogP contribution in [0.25, 0.3) is 0 Å². The minimum Gasteiger partial charge on any atom is -0.347 e. The summed E-state index contributed by atoms with van der Waals surface area (Å²) in [6.07, 6.45) is 1.38. The van der Waals surface area contributed by atoms with Gasteiger partial charge in [0, 0.05) is 36.6 Å². The van der Waals surface area contributed by atoms with Crippen LogP contribution in [0.4, 0.5) is 5.69 Å². The summed E-state index contributed by atoms with van der Waals surface area (Å²) in [4.78, 5) is 26.6. The molecule has 1 aromatic heterocycles. The first kappa shape index (κ1) is 20.5. The Morgan fingerprint density at radius 1 is 1.17 bits per heavy atom. The molecule has 29 heavy (non-hydrogen) atoms. The van der Waals surface area contributed by atoms with Gasteiger partial charge in [-0.1, -0.05) is 34.7 Å². The zero-order chi connectivity index (χ0) is 20.3. The molecule has 2 aliphatic rings. The Bertz CT molecular complexity index is 876. The average Bonchev–Trinajstić information content (AvgIpc) is 3.39. The number of halogens is 1. The van der Waals surface area contributed by atoms with Crippen LogP contribution in [0.5, 0.6) is 0 Å². The molecule has 2 aliphatic heterocycles. The van der Waals surface area contributed by atoms with E-state index >= 15 is 0 Å². The second-order valence-electron chi connectivity index (χ2n) is 6.61. The lowest BCUT2D eigenvalue weighted by molar-refractivity contribution is -0.186. The van der Waals surface area contributed by atoms with Gasteiger partial charge in [0.1, 0.15) is 0 Å². The fraction of sp³-hybridized carbons (Fsp3) is 0.444. The molecule has 0 unspecified atom stereocenters. The molecule has 11 heteroatoms. The number of nitrogens with zero attached hydrogens (tertiary/aromatic N) is 3. The van der Waals surface area contributed by atoms with Crippen LogP contribution in [0.2, 0.25) is 5.02 Å². The lowest BCUT2D eigenvalue weighted by Gasteiger charge is -2.37. The number of carbonyl (C=O) groups excluding carboxylic acids is 2. The first-order chi connectivity index (χ1) is 14.0. The second-order valence-corrected chi connectivity index (χ2v) is 9.25. The summed E-state index contributed by atoms with van der Waals surface area (Å²) < 4.78 is 12.0. The lowest BCUT2D eigenvalue weighted by atomic mass is 10.0. The van der Waals surface area contributed by atoms with Crippen molar-refractivity contribution in [3.8, 4) is 0 Å². The summed E-state index contributed by atoms with van der Waals surface area (Å²) in [6.45, 7) is 2.47. The molecule has 2 fully saturated rings. The van der Waals surface area contributed by atoms with Gasteiger partial charge in [-0.25, -0.2) is 0 Å². The van der Waals surface area contributed by atoms with Crippen LogP contribution in [0.3, 0.4) is 0 Å². The first-order valence-electron chi connectivity index (χ1n) is 9.12. The number of anilines is 1. The molecule has 4 rings (SSSR count). The van der Waals surface area contributed by atoms with Crippen LogP contribution in [0, 0.1) is 0 Å². The van der Waals surface area contributed by atoms with Gasteiger partial charge in [-0.15, -0.1) is 10.2 Å². The number of hydrogen-bond donors (Lipinski definition) is 1. The van der Waals surface area contributed by atoms with Crippen molar-refractivity contribution in [3.05, 3.63) is 34.3 Å². The minimum absolute atomic E-state index is 0.0326. The van der Waals surface area contributed by atoms with Crippen LogP contribution >= 0.6 is 34.7 Å². The molecule has 2 aromatic rings. The van der Waals surface area contributed by atoms with E-state index in [-0.39, 0.29) is 22.6 Å². The number of thioether (sulfide) groups is 1. The van der Waals surface area contributed by atoms with Crippen molar-refractivity contribution in [3.63, 3.8) is 0 Å². The molecular formula is C18H19ClN4O4S2. The molecule has 1 N–H and O–H groups in total. The predicted molar refractivity (Wildman–Crippen MR) is 110 cm³/mol. The van der Waals surface area contributed by atoms with E-state index in [1.54, 1.807) is 24.3 Å². The molecule has 0 bridgehead atoms. The molecule has 0 radical (unpaired) electrons. The molecule has 0 atom stereocenters. The molecule has 3 heterocycles. The Hall–Kier alpha value is -1.72. The van der Waals surface area contributed by atoms with Gasteiger partial charge in [0.2, 0.25) is 10.9 Å². The Balaban J connectivity index is 1.25. The highest BCUT2D eigenvalue weighted by Crippen LogP contribution is 2.32. The minimum atomic E-state index is -0.491. The topological polar surface area (TPSA) is 93.7 Å². The van der Waals surface area contributed by atoms with Crippen LogP contribution in [-0.4, -0.2) is 64.8 Å². The zero-order valence-corrected chi connectivity index (χ0v) is 17.8. The predicted octanol–water partition coefficient (Wildman–Crippen LogP) is 2.90. The van der Waals surface area contributed by atoms with Gasteiger partial charge < -0.3 is 19.7 Å². The third kappa shape index (κ3) is 5.07. The summed E-state index contributed by atoms with van der Waals surface area (Å²) in [5.41, 5.74) is 0.622. The molecule has 2 amide bonds. The van der Waals surface area contributed by atoms with Crippen molar-refractivity contribution in [2.45, 2.75) is 23.0 Å². The van der Waals surface area contributed by atoms with E-state index in [0.717, 1.165) is 11.3 Å². The zero-order valence-electron chi connectivity index (χ0n) is 15.4. The molecule has 0 aliphatic carbocycles. The Morgan fingerprint density at radius 2 is 1.86 bits per heavy atom.